The quantitative estimate of drug-likeness (QED) is 0.170. The highest BCUT2D eigenvalue weighted by Gasteiger charge is 2.55. The zero-order valence-corrected chi connectivity index (χ0v) is 26.4. The van der Waals surface area contributed by atoms with Crippen LogP contribution in [0.2, 0.25) is 0 Å². The van der Waals surface area contributed by atoms with Crippen molar-refractivity contribution < 1.29 is 32.2 Å². The second-order valence-electron chi connectivity index (χ2n) is 13.0. The zero-order valence-electron chi connectivity index (χ0n) is 26.4. The maximum Gasteiger partial charge on any atom is 0.416 e. The molecule has 0 spiro atoms. The van der Waals surface area contributed by atoms with Crippen LogP contribution in [0.5, 0.6) is 11.5 Å². The molecule has 4 atom stereocenters. The second kappa shape index (κ2) is 13.8. The molecule has 0 amide bonds. The molecule has 1 aliphatic carbocycles. The van der Waals surface area contributed by atoms with Crippen molar-refractivity contribution in [1.82, 2.24) is 10.2 Å². The van der Waals surface area contributed by atoms with Gasteiger partial charge in [0.15, 0.2) is 6.10 Å². The number of esters is 1. The summed E-state index contributed by atoms with van der Waals surface area (Å²) >= 11 is 0. The third kappa shape index (κ3) is 8.79. The molecule has 1 heterocycles. The van der Waals surface area contributed by atoms with Gasteiger partial charge in [0.1, 0.15) is 18.1 Å². The number of nitrogens with one attached hydrogen (secondary N) is 1. The lowest BCUT2D eigenvalue weighted by Gasteiger charge is -2.21. The molecule has 2 fully saturated rings. The SMILES string of the molecule is CCOC(=O)[C@H](Cc1ccc(OCCN[C@H]2C3CN(Cc4cccc(C(F)(F)F)c4)C[C@@H]32)cc1)Oc1ccc(C(C)(C)C)cc1. The highest BCUT2D eigenvalue weighted by Crippen LogP contribution is 2.46. The third-order valence-corrected chi connectivity index (χ3v) is 8.57. The van der Waals surface area contributed by atoms with Gasteiger partial charge in [-0.2, -0.15) is 13.2 Å². The first kappa shape index (κ1) is 32.8. The van der Waals surface area contributed by atoms with Gasteiger partial charge in [-0.15, -0.1) is 0 Å². The molecule has 0 aromatic heterocycles. The normalized spacial score (nSPS) is 20.4. The van der Waals surface area contributed by atoms with Crippen molar-refractivity contribution in [3.8, 4) is 11.5 Å². The van der Waals surface area contributed by atoms with Gasteiger partial charge in [-0.05, 0) is 71.2 Å². The Bertz CT molecular complexity index is 1410. The van der Waals surface area contributed by atoms with E-state index in [9.17, 15) is 18.0 Å². The summed E-state index contributed by atoms with van der Waals surface area (Å²) in [5, 5.41) is 3.57. The van der Waals surface area contributed by atoms with Gasteiger partial charge < -0.3 is 19.5 Å². The first-order valence-electron chi connectivity index (χ1n) is 15.7. The fourth-order valence-corrected chi connectivity index (χ4v) is 6.09. The zero-order chi connectivity index (χ0) is 32.2. The number of alkyl halides is 3. The van der Waals surface area contributed by atoms with E-state index < -0.39 is 23.8 Å². The van der Waals surface area contributed by atoms with Gasteiger partial charge in [0.05, 0.1) is 12.2 Å². The summed E-state index contributed by atoms with van der Waals surface area (Å²) in [7, 11) is 0. The van der Waals surface area contributed by atoms with Crippen molar-refractivity contribution in [2.75, 3.05) is 32.8 Å². The summed E-state index contributed by atoms with van der Waals surface area (Å²) < 4.78 is 56.3. The predicted molar refractivity (Wildman–Crippen MR) is 167 cm³/mol. The minimum atomic E-state index is -4.32. The van der Waals surface area contributed by atoms with Gasteiger partial charge in [0, 0.05) is 38.6 Å². The van der Waals surface area contributed by atoms with Crippen molar-refractivity contribution >= 4 is 5.97 Å². The number of nitrogens with zero attached hydrogens (tertiary/aromatic N) is 1. The van der Waals surface area contributed by atoms with Crippen LogP contribution in [0.1, 0.15) is 49.9 Å². The number of rotatable bonds is 13. The van der Waals surface area contributed by atoms with E-state index in [2.05, 4.69) is 31.0 Å². The van der Waals surface area contributed by atoms with Crippen LogP contribution in [0.25, 0.3) is 0 Å². The molecule has 5 rings (SSSR count). The molecule has 45 heavy (non-hydrogen) atoms. The Labute approximate surface area is 263 Å². The van der Waals surface area contributed by atoms with Crippen LogP contribution in [-0.2, 0) is 34.1 Å². The number of fused-ring (bicyclic) bond motifs is 1. The number of carbonyl (C=O) groups is 1. The number of carbonyl (C=O) groups excluding carboxylic acids is 1. The average Bonchev–Trinajstić information content (AvgIpc) is 3.44. The Kier molecular flexibility index (Phi) is 10.1. The van der Waals surface area contributed by atoms with Crippen molar-refractivity contribution in [2.45, 2.75) is 64.4 Å². The summed E-state index contributed by atoms with van der Waals surface area (Å²) in [4.78, 5) is 14.9. The molecule has 9 heteroatoms. The highest BCUT2D eigenvalue weighted by atomic mass is 19.4. The van der Waals surface area contributed by atoms with Gasteiger partial charge in [0.2, 0.25) is 0 Å². The van der Waals surface area contributed by atoms with E-state index in [1.165, 1.54) is 17.7 Å². The van der Waals surface area contributed by atoms with Gasteiger partial charge in [0.25, 0.3) is 0 Å². The fourth-order valence-electron chi connectivity index (χ4n) is 6.09. The van der Waals surface area contributed by atoms with Crippen LogP contribution >= 0.6 is 0 Å². The molecule has 1 aliphatic heterocycles. The molecule has 2 aliphatic rings. The lowest BCUT2D eigenvalue weighted by atomic mass is 9.87. The van der Waals surface area contributed by atoms with Crippen LogP contribution in [0.3, 0.4) is 0 Å². The average molecular weight is 625 g/mol. The maximum atomic E-state index is 13.0. The van der Waals surface area contributed by atoms with E-state index in [0.29, 0.717) is 55.3 Å². The van der Waals surface area contributed by atoms with E-state index in [1.807, 2.05) is 48.5 Å². The molecular weight excluding hydrogens is 581 g/mol. The Hall–Kier alpha value is -3.56. The van der Waals surface area contributed by atoms with Crippen molar-refractivity contribution in [3.05, 3.63) is 95.1 Å². The largest absolute Gasteiger partial charge is 0.492 e. The lowest BCUT2D eigenvalue weighted by molar-refractivity contribution is -0.151. The molecule has 1 saturated carbocycles. The Morgan fingerprint density at radius 1 is 0.911 bits per heavy atom. The Balaban J connectivity index is 1.03. The van der Waals surface area contributed by atoms with Crippen LogP contribution in [0.15, 0.2) is 72.8 Å². The Morgan fingerprint density at radius 3 is 2.20 bits per heavy atom. The van der Waals surface area contributed by atoms with E-state index in [-0.39, 0.29) is 12.0 Å². The molecule has 3 aromatic carbocycles. The second-order valence-corrected chi connectivity index (χ2v) is 13.0. The predicted octanol–water partition coefficient (Wildman–Crippen LogP) is 6.65. The number of ether oxygens (including phenoxy) is 3. The monoisotopic (exact) mass is 624 g/mol. The van der Waals surface area contributed by atoms with Crippen molar-refractivity contribution in [2.24, 2.45) is 11.8 Å². The molecule has 1 N–H and O–H groups in total. The number of piperidine rings is 1. The molecule has 3 aromatic rings. The molecule has 1 saturated heterocycles. The number of benzene rings is 3. The summed E-state index contributed by atoms with van der Waals surface area (Å²) in [6, 6.07) is 21.5. The third-order valence-electron chi connectivity index (χ3n) is 8.57. The minimum Gasteiger partial charge on any atom is -0.492 e. The Morgan fingerprint density at radius 2 is 1.58 bits per heavy atom. The number of hydrogen-bond acceptors (Lipinski definition) is 6. The molecule has 0 radical (unpaired) electrons. The van der Waals surface area contributed by atoms with Crippen molar-refractivity contribution in [3.63, 3.8) is 0 Å². The molecule has 1 unspecified atom stereocenters. The standard InChI is InChI=1S/C36H43F3N2O4/c1-5-43-34(42)32(45-29-15-11-26(12-16-29)35(2,3)4)20-24-9-13-28(14-10-24)44-18-17-40-33-30-22-41(23-31(30)33)21-25-7-6-8-27(19-25)36(37,38)39/h6-16,19,30-33,40H,5,17-18,20-23H2,1-4H3/t30-,31?,32-,33+/m0/s1. The van der Waals surface area contributed by atoms with E-state index in [1.54, 1.807) is 13.0 Å². The van der Waals surface area contributed by atoms with Crippen LogP contribution in [-0.4, -0.2) is 55.9 Å². The summed E-state index contributed by atoms with van der Waals surface area (Å²) in [6.45, 7) is 12.1. The molecule has 6 nitrogen and oxygen atoms in total. The first-order chi connectivity index (χ1) is 21.4. The van der Waals surface area contributed by atoms with Crippen LogP contribution < -0.4 is 14.8 Å². The van der Waals surface area contributed by atoms with E-state index in [0.717, 1.165) is 30.5 Å². The summed E-state index contributed by atoms with van der Waals surface area (Å²) in [5.74, 6) is 2.03. The minimum absolute atomic E-state index is 0.0266. The first-order valence-corrected chi connectivity index (χ1v) is 15.7. The van der Waals surface area contributed by atoms with Crippen LogP contribution in [0, 0.1) is 11.8 Å². The van der Waals surface area contributed by atoms with Crippen LogP contribution in [0.4, 0.5) is 13.2 Å². The number of likely N-dealkylation sites (tertiary alicyclic amines) is 1. The van der Waals surface area contributed by atoms with Gasteiger partial charge in [-0.25, -0.2) is 4.79 Å². The van der Waals surface area contributed by atoms with Gasteiger partial charge in [-0.3, -0.25) is 4.90 Å². The fraction of sp³-hybridized carbons (Fsp3) is 0.472. The number of halogens is 3. The van der Waals surface area contributed by atoms with Crippen molar-refractivity contribution in [1.29, 1.82) is 0 Å². The smallest absolute Gasteiger partial charge is 0.416 e. The summed E-state index contributed by atoms with van der Waals surface area (Å²) in [6.07, 6.45) is -4.71. The van der Waals surface area contributed by atoms with E-state index in [4.69, 9.17) is 14.2 Å². The highest BCUT2D eigenvalue weighted by molar-refractivity contribution is 5.75. The summed E-state index contributed by atoms with van der Waals surface area (Å²) in [5.41, 5.74) is 2.26. The van der Waals surface area contributed by atoms with Gasteiger partial charge >= 0.3 is 12.1 Å². The number of hydrogen-bond donors (Lipinski definition) is 1. The van der Waals surface area contributed by atoms with E-state index >= 15 is 0 Å². The lowest BCUT2D eigenvalue weighted by Crippen LogP contribution is -2.33. The topological polar surface area (TPSA) is 60.0 Å². The molecule has 0 bridgehead atoms. The molecular formula is C36H43F3N2O4. The maximum absolute atomic E-state index is 13.0. The molecule has 242 valence electrons. The van der Waals surface area contributed by atoms with Gasteiger partial charge in [-0.1, -0.05) is 63.2 Å².